The molecule has 0 fully saturated rings. The van der Waals surface area contributed by atoms with Gasteiger partial charge in [-0.2, -0.15) is 5.01 Å². The summed E-state index contributed by atoms with van der Waals surface area (Å²) < 4.78 is 24.6. The van der Waals surface area contributed by atoms with Crippen LogP contribution in [0.15, 0.2) is 84.9 Å². The molecule has 0 radical (unpaired) electrons. The van der Waals surface area contributed by atoms with Gasteiger partial charge in [0, 0.05) is 6.54 Å². The third-order valence-corrected chi connectivity index (χ3v) is 5.66. The molecule has 9 heteroatoms. The summed E-state index contributed by atoms with van der Waals surface area (Å²) in [7, 11) is 0. The molecular formula is C30H36FN3O5. The number of nitrogens with one attached hydrogen (secondary N) is 2. The fraction of sp³-hybridized carbons (Fsp3) is 0.333. The van der Waals surface area contributed by atoms with Gasteiger partial charge in [0.2, 0.25) is 0 Å². The summed E-state index contributed by atoms with van der Waals surface area (Å²) in [6.45, 7) is 5.49. The van der Waals surface area contributed by atoms with Crippen LogP contribution in [-0.4, -0.2) is 34.4 Å². The lowest BCUT2D eigenvalue weighted by Gasteiger charge is -2.33. The largest absolute Gasteiger partial charge is 0.445 e. The minimum absolute atomic E-state index is 0.0472. The number of rotatable bonds is 11. The van der Waals surface area contributed by atoms with Gasteiger partial charge >= 0.3 is 12.2 Å². The summed E-state index contributed by atoms with van der Waals surface area (Å²) in [5.74, 6) is -0.443. The molecule has 3 rings (SSSR count). The Balaban J connectivity index is 1.78. The highest BCUT2D eigenvalue weighted by atomic mass is 19.1. The van der Waals surface area contributed by atoms with Gasteiger partial charge in [0.25, 0.3) is 0 Å². The van der Waals surface area contributed by atoms with E-state index in [0.717, 1.165) is 11.1 Å². The molecule has 2 amide bonds. The Kier molecular flexibility index (Phi) is 10.8. The van der Waals surface area contributed by atoms with Gasteiger partial charge < -0.3 is 19.9 Å². The molecule has 0 aromatic heterocycles. The zero-order valence-electron chi connectivity index (χ0n) is 22.5. The molecule has 3 aromatic rings. The monoisotopic (exact) mass is 537 g/mol. The standard InChI is InChI=1S/C30H36FN3O5/c1-30(2,3)39-29(37)33-34(20-10-15-26(35)23-13-8-5-9-14-23)27(24-16-18-25(31)19-17-24)32-28(36)38-21-22-11-6-4-7-12-22/h4-9,11-14,16-19,26-27,35H,10,15,20-21H2,1-3H3,(H,32,36)(H,33,37). The molecular weight excluding hydrogens is 501 g/mol. The van der Waals surface area contributed by atoms with Crippen LogP contribution in [0.2, 0.25) is 0 Å². The molecule has 0 heterocycles. The van der Waals surface area contributed by atoms with E-state index in [9.17, 15) is 19.1 Å². The van der Waals surface area contributed by atoms with Gasteiger partial charge in [-0.1, -0.05) is 72.8 Å². The summed E-state index contributed by atoms with van der Waals surface area (Å²) in [6.07, 6.45) is -2.24. The van der Waals surface area contributed by atoms with Gasteiger partial charge in [-0.05, 0) is 62.4 Å². The predicted octanol–water partition coefficient (Wildman–Crippen LogP) is 6.01. The molecule has 8 nitrogen and oxygen atoms in total. The molecule has 0 saturated carbocycles. The third-order valence-electron chi connectivity index (χ3n) is 5.66. The number of benzene rings is 3. The van der Waals surface area contributed by atoms with E-state index in [4.69, 9.17) is 9.47 Å². The highest BCUT2D eigenvalue weighted by Gasteiger charge is 2.27. The molecule has 39 heavy (non-hydrogen) atoms. The molecule has 0 aliphatic carbocycles. The van der Waals surface area contributed by atoms with Crippen molar-refractivity contribution in [3.63, 3.8) is 0 Å². The average Bonchev–Trinajstić information content (AvgIpc) is 2.90. The normalized spacial score (nSPS) is 12.9. The smallest absolute Gasteiger partial charge is 0.422 e. The predicted molar refractivity (Wildman–Crippen MR) is 146 cm³/mol. The van der Waals surface area contributed by atoms with Crippen molar-refractivity contribution < 1.29 is 28.6 Å². The number of hydrazine groups is 1. The Hall–Kier alpha value is -3.95. The molecule has 0 aliphatic heterocycles. The molecule has 208 valence electrons. The second-order valence-corrected chi connectivity index (χ2v) is 10.0. The van der Waals surface area contributed by atoms with Crippen LogP contribution < -0.4 is 10.7 Å². The minimum Gasteiger partial charge on any atom is -0.445 e. The van der Waals surface area contributed by atoms with Gasteiger partial charge in [0.05, 0.1) is 6.10 Å². The summed E-state index contributed by atoms with van der Waals surface area (Å²) in [5.41, 5.74) is 4.05. The van der Waals surface area contributed by atoms with E-state index < -0.39 is 35.9 Å². The number of carbonyl (C=O) groups is 2. The Morgan fingerprint density at radius 3 is 2.13 bits per heavy atom. The lowest BCUT2D eigenvalue weighted by Crippen LogP contribution is -2.52. The average molecular weight is 538 g/mol. The number of amides is 2. The second-order valence-electron chi connectivity index (χ2n) is 10.0. The molecule has 2 atom stereocenters. The minimum atomic E-state index is -0.921. The van der Waals surface area contributed by atoms with Gasteiger partial charge in [0.15, 0.2) is 0 Å². The zero-order chi connectivity index (χ0) is 28.3. The first kappa shape index (κ1) is 29.6. The number of halogens is 1. The lowest BCUT2D eigenvalue weighted by atomic mass is 10.0. The summed E-state index contributed by atoms with van der Waals surface area (Å²) in [5, 5.41) is 14.9. The Labute approximate surface area is 228 Å². The molecule has 0 saturated heterocycles. The summed E-state index contributed by atoms with van der Waals surface area (Å²) in [4.78, 5) is 25.6. The maximum absolute atomic E-state index is 13.7. The fourth-order valence-electron chi connectivity index (χ4n) is 3.83. The van der Waals surface area contributed by atoms with Crippen LogP contribution in [0, 0.1) is 5.82 Å². The number of hydrogen-bond donors (Lipinski definition) is 3. The zero-order valence-corrected chi connectivity index (χ0v) is 22.5. The highest BCUT2D eigenvalue weighted by Crippen LogP contribution is 2.22. The van der Waals surface area contributed by atoms with Crippen molar-refractivity contribution in [3.05, 3.63) is 107 Å². The number of aliphatic hydroxyl groups is 1. The number of alkyl carbamates (subject to hydrolysis) is 1. The van der Waals surface area contributed by atoms with Crippen LogP contribution in [0.1, 0.15) is 62.6 Å². The first-order chi connectivity index (χ1) is 18.6. The molecule has 2 unspecified atom stereocenters. The van der Waals surface area contributed by atoms with Crippen molar-refractivity contribution in [2.45, 2.75) is 58.1 Å². The van der Waals surface area contributed by atoms with Gasteiger partial charge in [-0.25, -0.2) is 14.0 Å². The van der Waals surface area contributed by atoms with Gasteiger partial charge in [-0.15, -0.1) is 0 Å². The Bertz CT molecular complexity index is 1170. The Morgan fingerprint density at radius 1 is 0.897 bits per heavy atom. The lowest BCUT2D eigenvalue weighted by molar-refractivity contribution is 0.0167. The van der Waals surface area contributed by atoms with Crippen molar-refractivity contribution in [3.8, 4) is 0 Å². The molecule has 3 aromatic carbocycles. The van der Waals surface area contributed by atoms with Crippen LogP contribution in [0.3, 0.4) is 0 Å². The van der Waals surface area contributed by atoms with Crippen LogP contribution in [0.25, 0.3) is 0 Å². The Morgan fingerprint density at radius 2 is 1.51 bits per heavy atom. The van der Waals surface area contributed by atoms with E-state index in [1.54, 1.807) is 20.8 Å². The molecule has 0 bridgehead atoms. The van der Waals surface area contributed by atoms with Crippen molar-refractivity contribution in [2.75, 3.05) is 6.54 Å². The van der Waals surface area contributed by atoms with Crippen LogP contribution in [-0.2, 0) is 16.1 Å². The summed E-state index contributed by atoms with van der Waals surface area (Å²) >= 11 is 0. The maximum atomic E-state index is 13.7. The van der Waals surface area contributed by atoms with E-state index in [1.165, 1.54) is 29.3 Å². The van der Waals surface area contributed by atoms with Crippen LogP contribution in [0.4, 0.5) is 14.0 Å². The van der Waals surface area contributed by atoms with E-state index in [-0.39, 0.29) is 13.2 Å². The number of ether oxygens (including phenoxy) is 2. The third kappa shape index (κ3) is 10.4. The number of nitrogens with zero attached hydrogens (tertiary/aromatic N) is 1. The highest BCUT2D eigenvalue weighted by molar-refractivity contribution is 5.69. The summed E-state index contributed by atoms with van der Waals surface area (Å²) in [6, 6.07) is 24.0. The first-order valence-electron chi connectivity index (χ1n) is 12.8. The number of hydrogen-bond acceptors (Lipinski definition) is 6. The molecule has 0 aliphatic rings. The SMILES string of the molecule is CC(C)(C)OC(=O)NN(CCCC(O)c1ccccc1)C(NC(=O)OCc1ccccc1)c1ccc(F)cc1. The van der Waals surface area contributed by atoms with Crippen LogP contribution >= 0.6 is 0 Å². The second kappa shape index (κ2) is 14.3. The number of carbonyl (C=O) groups excluding carboxylic acids is 2. The first-order valence-corrected chi connectivity index (χ1v) is 12.8. The van der Waals surface area contributed by atoms with Gasteiger partial charge in [0.1, 0.15) is 24.2 Å². The van der Waals surface area contributed by atoms with Crippen molar-refractivity contribution >= 4 is 12.2 Å². The van der Waals surface area contributed by atoms with Crippen LogP contribution in [0.5, 0.6) is 0 Å². The number of aliphatic hydroxyl groups excluding tert-OH is 1. The van der Waals surface area contributed by atoms with Crippen molar-refractivity contribution in [1.29, 1.82) is 0 Å². The fourth-order valence-corrected chi connectivity index (χ4v) is 3.83. The maximum Gasteiger partial charge on any atom is 0.422 e. The topological polar surface area (TPSA) is 100 Å². The molecule has 0 spiro atoms. The van der Waals surface area contributed by atoms with Crippen molar-refractivity contribution in [1.82, 2.24) is 15.8 Å². The van der Waals surface area contributed by atoms with Gasteiger partial charge in [-0.3, -0.25) is 5.43 Å². The van der Waals surface area contributed by atoms with E-state index in [1.807, 2.05) is 60.7 Å². The van der Waals surface area contributed by atoms with E-state index in [0.29, 0.717) is 18.4 Å². The molecule has 3 N–H and O–H groups in total. The van der Waals surface area contributed by atoms with E-state index >= 15 is 0 Å². The van der Waals surface area contributed by atoms with Crippen molar-refractivity contribution in [2.24, 2.45) is 0 Å². The quantitative estimate of drug-likeness (QED) is 0.205. The van der Waals surface area contributed by atoms with E-state index in [2.05, 4.69) is 10.7 Å².